The molecule has 91 heavy (non-hydrogen) atoms. The van der Waals surface area contributed by atoms with Gasteiger partial charge in [-0.1, -0.05) is 364 Å². The van der Waals surface area contributed by atoms with Crippen molar-refractivity contribution in [3.05, 3.63) is 372 Å². The van der Waals surface area contributed by atoms with Crippen molar-refractivity contribution in [1.29, 1.82) is 0 Å². The first-order valence-corrected chi connectivity index (χ1v) is 31.9. The Morgan fingerprint density at radius 1 is 0.198 bits per heavy atom. The third-order valence-electron chi connectivity index (χ3n) is 17.9. The van der Waals surface area contributed by atoms with E-state index < -0.39 is 0 Å². The van der Waals surface area contributed by atoms with Crippen molar-refractivity contribution in [3.63, 3.8) is 0 Å². The summed E-state index contributed by atoms with van der Waals surface area (Å²) >= 11 is 0. The lowest BCUT2D eigenvalue weighted by Crippen LogP contribution is -2.14. The van der Waals surface area contributed by atoms with Crippen molar-refractivity contribution in [1.82, 2.24) is 0 Å². The summed E-state index contributed by atoms with van der Waals surface area (Å²) in [5.74, 6) is 0. The Balaban J connectivity index is 0.000000104. The summed E-state index contributed by atoms with van der Waals surface area (Å²) in [5, 5.41) is 16.3. The molecule has 0 unspecified atom stereocenters. The minimum atomic E-state index is 0.151. The second kappa shape index (κ2) is 27.4. The van der Waals surface area contributed by atoms with Crippen LogP contribution >= 0.6 is 0 Å². The number of hydrogen-bond donors (Lipinski definition) is 0. The van der Waals surface area contributed by atoms with Crippen molar-refractivity contribution in [2.45, 2.75) is 60.8 Å². The molecular formula is C91H78. The van der Waals surface area contributed by atoms with Crippen LogP contribution in [0.5, 0.6) is 0 Å². The fourth-order valence-electron chi connectivity index (χ4n) is 13.0. The van der Waals surface area contributed by atoms with Crippen LogP contribution in [0.2, 0.25) is 0 Å². The van der Waals surface area contributed by atoms with Crippen LogP contribution in [0.3, 0.4) is 0 Å². The molecule has 18 rings (SSSR count). The average molecular weight is 1170 g/mol. The predicted molar refractivity (Wildman–Crippen MR) is 397 cm³/mol. The molecule has 16 aromatic rings. The van der Waals surface area contributed by atoms with Gasteiger partial charge in [-0.05, 0) is 173 Å². The summed E-state index contributed by atoms with van der Waals surface area (Å²) < 4.78 is 0. The molecule has 0 aromatic heterocycles. The van der Waals surface area contributed by atoms with Gasteiger partial charge in [0.15, 0.2) is 0 Å². The van der Waals surface area contributed by atoms with E-state index >= 15 is 0 Å². The number of aryl methyl sites for hydroxylation is 6. The van der Waals surface area contributed by atoms with Gasteiger partial charge in [0.05, 0.1) is 0 Å². The molecule has 0 saturated carbocycles. The standard InChI is InChI=1S/C17H12.C16H10.C16H16.C13H12.2C11H10.C7H8/c1-11-5-6-14-8-7-12-3-2-4-13-9-10-15(11)17(14)16(12)13;1-2-8-13-12(7-1)14-9-3-5-11-6-4-10-15(13)16(11)14;1-11-8-9-13-12-6-4-5-7-14(12)16(2,3)15(13)10-11;1-11-7-9-13(10-8-11)12-5-3-2-4-6-12;1-9-5-4-7-10-6-2-3-8-11(9)10;1-9-6-7-10-4-2-3-5-11(10)8-9;1-7-5-3-2-4-6-7/h2-10H,1H3;1-10H;4-10H,1-3H3;2-10H,1H3;2*2-8H,1H3;2-6H,1H3. The summed E-state index contributed by atoms with van der Waals surface area (Å²) in [7, 11) is 0. The Bertz CT molecular complexity index is 5040. The lowest BCUT2D eigenvalue weighted by atomic mass is 9.82. The van der Waals surface area contributed by atoms with Gasteiger partial charge in [0.25, 0.3) is 0 Å². The van der Waals surface area contributed by atoms with Crippen molar-refractivity contribution in [2.24, 2.45) is 0 Å². The van der Waals surface area contributed by atoms with Crippen LogP contribution in [0.1, 0.15) is 58.4 Å². The SMILES string of the molecule is Cc1ccc(-c2ccccc2)cc1.Cc1ccc2c(c1)C(C)(C)c1ccccc1-2.Cc1ccc2ccc3cccc4ccc1c2c34.Cc1ccc2ccccc2c1.Cc1cccc2ccccc12.Cc1ccccc1.c1ccc2c(c1)-c1cccc3cccc-2c13. The number of hydrogen-bond acceptors (Lipinski definition) is 0. The summed E-state index contributed by atoms with van der Waals surface area (Å²) in [6.45, 7) is 17.4. The Morgan fingerprint density at radius 3 is 1.25 bits per heavy atom. The molecule has 0 bridgehead atoms. The summed E-state index contributed by atoms with van der Waals surface area (Å²) in [4.78, 5) is 0. The van der Waals surface area contributed by atoms with Gasteiger partial charge in [0.2, 0.25) is 0 Å². The second-order valence-corrected chi connectivity index (χ2v) is 24.7. The van der Waals surface area contributed by atoms with Crippen LogP contribution in [0, 0.1) is 41.5 Å². The maximum atomic E-state index is 2.33. The minimum Gasteiger partial charge on any atom is -0.0622 e. The van der Waals surface area contributed by atoms with Gasteiger partial charge in [0.1, 0.15) is 0 Å². The molecule has 442 valence electrons. The Hall–Kier alpha value is -10.7. The van der Waals surface area contributed by atoms with E-state index in [9.17, 15) is 0 Å². The van der Waals surface area contributed by atoms with E-state index in [1.807, 2.05) is 24.3 Å². The van der Waals surface area contributed by atoms with Gasteiger partial charge in [-0.25, -0.2) is 0 Å². The van der Waals surface area contributed by atoms with E-state index in [1.54, 1.807) is 0 Å². The highest BCUT2D eigenvalue weighted by atomic mass is 14.4. The lowest BCUT2D eigenvalue weighted by molar-refractivity contribution is 0.660. The zero-order valence-corrected chi connectivity index (χ0v) is 53.7. The fourth-order valence-corrected chi connectivity index (χ4v) is 13.0. The molecule has 0 N–H and O–H groups in total. The van der Waals surface area contributed by atoms with Gasteiger partial charge >= 0.3 is 0 Å². The predicted octanol–water partition coefficient (Wildman–Crippen LogP) is 25.6. The van der Waals surface area contributed by atoms with Crippen molar-refractivity contribution < 1.29 is 0 Å². The molecule has 0 nitrogen and oxygen atoms in total. The highest BCUT2D eigenvalue weighted by molar-refractivity contribution is 6.23. The largest absolute Gasteiger partial charge is 0.0622 e. The van der Waals surface area contributed by atoms with Gasteiger partial charge in [-0.2, -0.15) is 0 Å². The van der Waals surface area contributed by atoms with Crippen molar-refractivity contribution in [3.8, 4) is 44.5 Å². The average Bonchev–Trinajstić information content (AvgIpc) is 1.82. The maximum Gasteiger partial charge on any atom is 0.0158 e. The van der Waals surface area contributed by atoms with Crippen molar-refractivity contribution >= 4 is 64.6 Å². The molecule has 0 aliphatic heterocycles. The van der Waals surface area contributed by atoms with E-state index in [1.165, 1.54) is 154 Å². The summed E-state index contributed by atoms with van der Waals surface area (Å²) in [5.41, 5.74) is 21.9. The molecule has 0 amide bonds. The second-order valence-electron chi connectivity index (χ2n) is 24.7. The Kier molecular flexibility index (Phi) is 18.2. The van der Waals surface area contributed by atoms with Gasteiger partial charge in [-0.3, -0.25) is 0 Å². The number of rotatable bonds is 1. The summed E-state index contributed by atoms with van der Waals surface area (Å²) in [6, 6.07) is 116. The number of benzene rings is 16. The third kappa shape index (κ3) is 13.4. The van der Waals surface area contributed by atoms with E-state index in [0.29, 0.717) is 0 Å². The monoisotopic (exact) mass is 1170 g/mol. The first kappa shape index (κ1) is 60.6. The van der Waals surface area contributed by atoms with E-state index in [4.69, 9.17) is 0 Å². The van der Waals surface area contributed by atoms with Crippen LogP contribution in [0.25, 0.3) is 109 Å². The first-order valence-electron chi connectivity index (χ1n) is 31.9. The van der Waals surface area contributed by atoms with Crippen molar-refractivity contribution in [2.75, 3.05) is 0 Å². The summed E-state index contributed by atoms with van der Waals surface area (Å²) in [6.07, 6.45) is 0. The molecule has 0 heterocycles. The van der Waals surface area contributed by atoms with Crippen LogP contribution < -0.4 is 0 Å². The van der Waals surface area contributed by atoms with Gasteiger partial charge in [0, 0.05) is 5.41 Å². The molecule has 0 saturated heterocycles. The zero-order valence-electron chi connectivity index (χ0n) is 53.7. The molecule has 0 fully saturated rings. The molecular weight excluding hydrogens is 1090 g/mol. The molecule has 0 atom stereocenters. The minimum absolute atomic E-state index is 0.151. The zero-order chi connectivity index (χ0) is 62.8. The van der Waals surface area contributed by atoms with Crippen LogP contribution in [0.4, 0.5) is 0 Å². The molecule has 2 aliphatic rings. The molecule has 0 radical (unpaired) electrons. The van der Waals surface area contributed by atoms with Gasteiger partial charge in [-0.15, -0.1) is 0 Å². The molecule has 0 heteroatoms. The van der Waals surface area contributed by atoms with Crippen LogP contribution in [0.15, 0.2) is 328 Å². The quantitative estimate of drug-likeness (QED) is 0.144. The van der Waals surface area contributed by atoms with Crippen LogP contribution in [-0.4, -0.2) is 0 Å². The molecule has 0 spiro atoms. The van der Waals surface area contributed by atoms with E-state index in [-0.39, 0.29) is 5.41 Å². The maximum absolute atomic E-state index is 2.33. The highest BCUT2D eigenvalue weighted by Gasteiger charge is 2.34. The number of fused-ring (bicyclic) bond motifs is 8. The van der Waals surface area contributed by atoms with E-state index in [2.05, 4.69) is 359 Å². The third-order valence-corrected chi connectivity index (χ3v) is 17.9. The van der Waals surface area contributed by atoms with Crippen LogP contribution in [-0.2, 0) is 5.41 Å². The smallest absolute Gasteiger partial charge is 0.0158 e. The molecule has 16 aromatic carbocycles. The fraction of sp³-hybridized carbons (Fsp3) is 0.0989. The Morgan fingerprint density at radius 2 is 0.604 bits per heavy atom. The van der Waals surface area contributed by atoms with Gasteiger partial charge < -0.3 is 0 Å². The normalized spacial score (nSPS) is 11.6. The van der Waals surface area contributed by atoms with E-state index in [0.717, 1.165) is 0 Å². The first-order chi connectivity index (χ1) is 44.4. The highest BCUT2D eigenvalue weighted by Crippen LogP contribution is 2.49. The molecule has 2 aliphatic carbocycles. The Labute approximate surface area is 538 Å². The lowest BCUT2D eigenvalue weighted by Gasteiger charge is -2.21. The topological polar surface area (TPSA) is 0 Å².